The predicted octanol–water partition coefficient (Wildman–Crippen LogP) is 4.12. The van der Waals surface area contributed by atoms with Crippen LogP contribution in [0.5, 0.6) is 0 Å². The molecule has 2 nitrogen and oxygen atoms in total. The fraction of sp³-hybridized carbons (Fsp3) is 0.100. The van der Waals surface area contributed by atoms with Crippen LogP contribution >= 0.6 is 15.9 Å². The summed E-state index contributed by atoms with van der Waals surface area (Å²) in [6, 6.07) is 6.43. The maximum absolute atomic E-state index is 12.4. The Labute approximate surface area is 97.2 Å². The normalized spacial score (nSPS) is 11.8. The van der Waals surface area contributed by atoms with Gasteiger partial charge in [0.25, 0.3) is 0 Å². The first-order valence-electron chi connectivity index (χ1n) is 4.26. The molecule has 0 aliphatic rings. The maximum atomic E-state index is 12.4. The summed E-state index contributed by atoms with van der Waals surface area (Å²) in [5.41, 5.74) is 0.0198. The topological polar surface area (TPSA) is 26.0 Å². The van der Waals surface area contributed by atoms with Crippen LogP contribution in [-0.4, -0.2) is 5.16 Å². The van der Waals surface area contributed by atoms with Gasteiger partial charge in [0, 0.05) is 11.6 Å². The van der Waals surface area contributed by atoms with Crippen LogP contribution in [0, 0.1) is 0 Å². The van der Waals surface area contributed by atoms with E-state index >= 15 is 0 Å². The number of hydrogen-bond donors (Lipinski definition) is 0. The lowest BCUT2D eigenvalue weighted by Crippen LogP contribution is -2.04. The molecule has 0 spiro atoms. The van der Waals surface area contributed by atoms with Crippen LogP contribution in [0.25, 0.3) is 11.3 Å². The highest BCUT2D eigenvalue weighted by molar-refractivity contribution is 9.10. The zero-order valence-electron chi connectivity index (χ0n) is 7.75. The van der Waals surface area contributed by atoms with Gasteiger partial charge in [0.05, 0.1) is 5.56 Å². The van der Waals surface area contributed by atoms with Gasteiger partial charge in [-0.05, 0) is 28.1 Å². The number of alkyl halides is 3. The molecule has 2 aromatic rings. The molecule has 1 aromatic carbocycles. The average Bonchev–Trinajstić information content (AvgIpc) is 2.64. The number of aromatic nitrogens is 1. The van der Waals surface area contributed by atoms with E-state index < -0.39 is 11.7 Å². The number of hydrogen-bond acceptors (Lipinski definition) is 2. The molecule has 0 aliphatic heterocycles. The second-order valence-electron chi connectivity index (χ2n) is 3.09. The van der Waals surface area contributed by atoms with Gasteiger partial charge < -0.3 is 4.52 Å². The van der Waals surface area contributed by atoms with Gasteiger partial charge in [0.1, 0.15) is 5.69 Å². The molecule has 0 fully saturated rings. The van der Waals surface area contributed by atoms with Crippen molar-refractivity contribution in [2.75, 3.05) is 0 Å². The number of halogens is 4. The zero-order chi connectivity index (χ0) is 11.8. The summed E-state index contributed by atoms with van der Waals surface area (Å²) < 4.78 is 42.4. The highest BCUT2D eigenvalue weighted by Gasteiger charge is 2.30. The van der Waals surface area contributed by atoms with Crippen molar-refractivity contribution in [3.05, 3.63) is 40.6 Å². The first-order chi connectivity index (χ1) is 7.47. The Balaban J connectivity index is 2.44. The van der Waals surface area contributed by atoms with Crippen molar-refractivity contribution in [3.8, 4) is 11.3 Å². The monoisotopic (exact) mass is 291 g/mol. The molecule has 0 bridgehead atoms. The molecule has 0 saturated heterocycles. The predicted molar refractivity (Wildman–Crippen MR) is 54.6 cm³/mol. The minimum Gasteiger partial charge on any atom is -0.349 e. The Morgan fingerprint density at radius 2 is 1.94 bits per heavy atom. The third kappa shape index (κ3) is 2.27. The van der Waals surface area contributed by atoms with Crippen molar-refractivity contribution in [3.63, 3.8) is 0 Å². The quantitative estimate of drug-likeness (QED) is 0.790. The van der Waals surface area contributed by atoms with Crippen molar-refractivity contribution in [2.45, 2.75) is 6.18 Å². The van der Waals surface area contributed by atoms with Crippen LogP contribution in [0.1, 0.15) is 5.56 Å². The molecule has 2 rings (SSSR count). The lowest BCUT2D eigenvalue weighted by atomic mass is 10.1. The minimum atomic E-state index is -4.35. The number of nitrogens with zero attached hydrogens (tertiary/aromatic N) is 1. The van der Waals surface area contributed by atoms with Gasteiger partial charge in [0.2, 0.25) is 4.67 Å². The van der Waals surface area contributed by atoms with Crippen molar-refractivity contribution in [2.24, 2.45) is 0 Å². The fourth-order valence-corrected chi connectivity index (χ4v) is 1.53. The van der Waals surface area contributed by atoms with Gasteiger partial charge in [-0.2, -0.15) is 13.2 Å². The molecule has 0 atom stereocenters. The van der Waals surface area contributed by atoms with Gasteiger partial charge in [0.15, 0.2) is 0 Å². The highest BCUT2D eigenvalue weighted by Crippen LogP contribution is 2.32. The smallest absolute Gasteiger partial charge is 0.349 e. The largest absolute Gasteiger partial charge is 0.416 e. The van der Waals surface area contributed by atoms with E-state index in [2.05, 4.69) is 21.1 Å². The van der Waals surface area contributed by atoms with E-state index in [1.807, 2.05) is 0 Å². The Kier molecular flexibility index (Phi) is 2.75. The van der Waals surface area contributed by atoms with E-state index in [0.29, 0.717) is 15.9 Å². The summed E-state index contributed by atoms with van der Waals surface area (Å²) in [4.78, 5) is 0. The van der Waals surface area contributed by atoms with Crippen LogP contribution in [-0.2, 0) is 6.18 Å². The second kappa shape index (κ2) is 3.93. The first-order valence-corrected chi connectivity index (χ1v) is 5.06. The van der Waals surface area contributed by atoms with E-state index in [1.165, 1.54) is 12.1 Å². The van der Waals surface area contributed by atoms with Crippen LogP contribution in [0.2, 0.25) is 0 Å². The molecule has 84 valence electrons. The Morgan fingerprint density at radius 1 is 1.19 bits per heavy atom. The van der Waals surface area contributed by atoms with Crippen molar-refractivity contribution in [1.82, 2.24) is 5.16 Å². The van der Waals surface area contributed by atoms with Gasteiger partial charge >= 0.3 is 6.18 Å². The number of benzene rings is 1. The third-order valence-electron chi connectivity index (χ3n) is 1.97. The zero-order valence-corrected chi connectivity index (χ0v) is 9.34. The molecule has 16 heavy (non-hydrogen) atoms. The Hall–Kier alpha value is -1.30. The molecule has 0 N–H and O–H groups in total. The molecule has 0 aliphatic carbocycles. The maximum Gasteiger partial charge on any atom is 0.416 e. The molecular formula is C10H5BrF3NO. The average molecular weight is 292 g/mol. The molecule has 1 heterocycles. The van der Waals surface area contributed by atoms with E-state index in [4.69, 9.17) is 4.52 Å². The fourth-order valence-electron chi connectivity index (χ4n) is 1.24. The molecular weight excluding hydrogens is 287 g/mol. The second-order valence-corrected chi connectivity index (χ2v) is 3.88. The van der Waals surface area contributed by atoms with Gasteiger partial charge in [-0.25, -0.2) is 0 Å². The van der Waals surface area contributed by atoms with Gasteiger partial charge in [-0.15, -0.1) is 0 Å². The van der Waals surface area contributed by atoms with E-state index in [0.717, 1.165) is 12.1 Å². The summed E-state index contributed by atoms with van der Waals surface area (Å²) >= 11 is 3.04. The lowest BCUT2D eigenvalue weighted by Gasteiger charge is -2.06. The van der Waals surface area contributed by atoms with Crippen LogP contribution in [0.15, 0.2) is 39.5 Å². The lowest BCUT2D eigenvalue weighted by molar-refractivity contribution is -0.137. The summed E-state index contributed by atoms with van der Waals surface area (Å²) in [5, 5.41) is 3.62. The summed E-state index contributed by atoms with van der Waals surface area (Å²) in [6.07, 6.45) is -4.35. The molecule has 6 heteroatoms. The van der Waals surface area contributed by atoms with Crippen LogP contribution in [0.4, 0.5) is 13.2 Å². The van der Waals surface area contributed by atoms with Crippen LogP contribution < -0.4 is 0 Å². The van der Waals surface area contributed by atoms with Gasteiger partial charge in [-0.3, -0.25) is 0 Å². The summed E-state index contributed by atoms with van der Waals surface area (Å²) in [5.74, 6) is 0. The summed E-state index contributed by atoms with van der Waals surface area (Å²) in [7, 11) is 0. The number of rotatable bonds is 1. The molecule has 0 saturated carbocycles. The van der Waals surface area contributed by atoms with Gasteiger partial charge in [-0.1, -0.05) is 17.3 Å². The highest BCUT2D eigenvalue weighted by atomic mass is 79.9. The van der Waals surface area contributed by atoms with Crippen molar-refractivity contribution in [1.29, 1.82) is 0 Å². The first kappa shape index (κ1) is 11.2. The van der Waals surface area contributed by atoms with Crippen LogP contribution in [0.3, 0.4) is 0 Å². The summed E-state index contributed by atoms with van der Waals surface area (Å²) in [6.45, 7) is 0. The standard InChI is InChI=1S/C10H5BrF3NO/c11-9-5-8(15-16-9)6-2-1-3-7(4-6)10(12,13)14/h1-5H. The van der Waals surface area contributed by atoms with Crippen molar-refractivity contribution >= 4 is 15.9 Å². The Bertz CT molecular complexity index is 507. The minimum absolute atomic E-state index is 0.359. The SMILES string of the molecule is FC(F)(F)c1cccc(-c2cc(Br)on2)c1. The molecule has 0 radical (unpaired) electrons. The van der Waals surface area contributed by atoms with Crippen molar-refractivity contribution < 1.29 is 17.7 Å². The molecule has 0 amide bonds. The van der Waals surface area contributed by atoms with E-state index in [9.17, 15) is 13.2 Å². The molecule has 0 unspecified atom stereocenters. The Morgan fingerprint density at radius 3 is 2.50 bits per heavy atom. The van der Waals surface area contributed by atoms with E-state index in [-0.39, 0.29) is 0 Å². The third-order valence-corrected chi connectivity index (χ3v) is 2.34. The van der Waals surface area contributed by atoms with E-state index in [1.54, 1.807) is 6.07 Å². The molecule has 1 aromatic heterocycles.